The summed E-state index contributed by atoms with van der Waals surface area (Å²) in [5, 5.41) is 5.16. The van der Waals surface area contributed by atoms with E-state index < -0.39 is 5.82 Å². The van der Waals surface area contributed by atoms with Crippen molar-refractivity contribution in [2.45, 2.75) is 39.7 Å². The first-order valence-corrected chi connectivity index (χ1v) is 9.80. The van der Waals surface area contributed by atoms with Crippen molar-refractivity contribution in [3.63, 3.8) is 0 Å². The predicted octanol–water partition coefficient (Wildman–Crippen LogP) is 4.43. The van der Waals surface area contributed by atoms with E-state index in [4.69, 9.17) is 9.72 Å². The molecule has 154 valence electrons. The molecule has 0 aliphatic rings. The predicted molar refractivity (Wildman–Crippen MR) is 111 cm³/mol. The molecule has 0 N–H and O–H groups in total. The molecule has 1 aromatic carbocycles. The van der Waals surface area contributed by atoms with E-state index in [2.05, 4.69) is 5.10 Å². The minimum atomic E-state index is -0.417. The number of aromatic nitrogens is 3. The van der Waals surface area contributed by atoms with Gasteiger partial charge in [-0.3, -0.25) is 4.79 Å². The molecule has 0 radical (unpaired) electrons. The molecule has 2 heterocycles. The van der Waals surface area contributed by atoms with Gasteiger partial charge in [-0.2, -0.15) is 5.10 Å². The van der Waals surface area contributed by atoms with Crippen molar-refractivity contribution in [3.05, 3.63) is 53.6 Å². The summed E-state index contributed by atoms with van der Waals surface area (Å²) in [6.07, 6.45) is 1.70. The molecule has 3 aromatic rings. The van der Waals surface area contributed by atoms with Crippen LogP contribution in [0.5, 0.6) is 5.75 Å². The van der Waals surface area contributed by atoms with Crippen LogP contribution in [0.2, 0.25) is 0 Å². The maximum absolute atomic E-state index is 13.7. The number of pyridine rings is 1. The summed E-state index contributed by atoms with van der Waals surface area (Å²) in [6, 6.07) is 8.21. The molecule has 0 aliphatic carbocycles. The van der Waals surface area contributed by atoms with Crippen LogP contribution in [0.4, 0.5) is 4.39 Å². The second-order valence-corrected chi connectivity index (χ2v) is 7.68. The lowest BCUT2D eigenvalue weighted by Crippen LogP contribution is -2.31. The van der Waals surface area contributed by atoms with Gasteiger partial charge in [0.25, 0.3) is 5.91 Å². The number of carbonyl (C=O) groups excluding carboxylic acids is 1. The van der Waals surface area contributed by atoms with Gasteiger partial charge in [-0.15, -0.1) is 0 Å². The number of halogens is 1. The summed E-state index contributed by atoms with van der Waals surface area (Å²) >= 11 is 0. The monoisotopic (exact) mass is 398 g/mol. The molecule has 0 saturated heterocycles. The van der Waals surface area contributed by atoms with Crippen molar-refractivity contribution in [2.24, 2.45) is 0 Å². The molecular weight excluding hydrogens is 371 g/mol. The number of para-hydroxylation sites is 1. The van der Waals surface area contributed by atoms with Crippen molar-refractivity contribution in [3.8, 4) is 5.75 Å². The van der Waals surface area contributed by atoms with Gasteiger partial charge < -0.3 is 9.64 Å². The van der Waals surface area contributed by atoms with Gasteiger partial charge in [-0.05, 0) is 38.0 Å². The van der Waals surface area contributed by atoms with Crippen LogP contribution in [0.3, 0.4) is 0 Å². The Labute approximate surface area is 170 Å². The highest BCUT2D eigenvalue weighted by Crippen LogP contribution is 2.25. The van der Waals surface area contributed by atoms with Crippen molar-refractivity contribution >= 4 is 16.9 Å². The quantitative estimate of drug-likeness (QED) is 0.591. The Morgan fingerprint density at radius 1 is 1.24 bits per heavy atom. The molecule has 0 unspecified atom stereocenters. The zero-order chi connectivity index (χ0) is 21.1. The number of hydrogen-bond acceptors (Lipinski definition) is 4. The molecule has 3 rings (SSSR count). The average molecular weight is 398 g/mol. The highest BCUT2D eigenvalue weighted by molar-refractivity contribution is 6.05. The first-order valence-electron chi connectivity index (χ1n) is 9.80. The van der Waals surface area contributed by atoms with Crippen LogP contribution in [0.1, 0.15) is 55.7 Å². The fraction of sp³-hybridized carbons (Fsp3) is 0.409. The van der Waals surface area contributed by atoms with Crippen LogP contribution in [0.25, 0.3) is 11.0 Å². The highest BCUT2D eigenvalue weighted by Gasteiger charge is 2.21. The van der Waals surface area contributed by atoms with E-state index in [0.717, 1.165) is 11.1 Å². The number of rotatable bonds is 7. The molecule has 7 heteroatoms. The third-order valence-corrected chi connectivity index (χ3v) is 4.77. The first kappa shape index (κ1) is 20.8. The normalized spacial score (nSPS) is 11.4. The van der Waals surface area contributed by atoms with Gasteiger partial charge in [0.15, 0.2) is 17.2 Å². The van der Waals surface area contributed by atoms with Crippen LogP contribution >= 0.6 is 0 Å². The van der Waals surface area contributed by atoms with E-state index in [-0.39, 0.29) is 30.2 Å². The van der Waals surface area contributed by atoms with Gasteiger partial charge in [0.2, 0.25) is 0 Å². The summed E-state index contributed by atoms with van der Waals surface area (Å²) in [7, 11) is 1.71. The molecule has 0 atom stereocenters. The lowest BCUT2D eigenvalue weighted by atomic mass is 10.0. The van der Waals surface area contributed by atoms with E-state index in [1.165, 1.54) is 6.07 Å². The Morgan fingerprint density at radius 3 is 2.62 bits per heavy atom. The summed E-state index contributed by atoms with van der Waals surface area (Å²) < 4.78 is 21.0. The SMILES string of the molecule is CC(C)c1cc(C(=O)N(C)CCOc2ccccc2F)c2cnn(C(C)C)c2n1. The Morgan fingerprint density at radius 2 is 1.97 bits per heavy atom. The minimum Gasteiger partial charge on any atom is -0.489 e. The number of carbonyl (C=O) groups is 1. The Hall–Kier alpha value is -2.96. The number of benzene rings is 1. The maximum Gasteiger partial charge on any atom is 0.254 e. The van der Waals surface area contributed by atoms with Gasteiger partial charge in [0.1, 0.15) is 6.61 Å². The van der Waals surface area contributed by atoms with E-state index in [9.17, 15) is 9.18 Å². The summed E-state index contributed by atoms with van der Waals surface area (Å²) in [4.78, 5) is 19.5. The Bertz CT molecular complexity index is 1010. The van der Waals surface area contributed by atoms with E-state index in [1.54, 1.807) is 36.3 Å². The van der Waals surface area contributed by atoms with E-state index in [1.807, 2.05) is 38.4 Å². The fourth-order valence-electron chi connectivity index (χ4n) is 3.05. The van der Waals surface area contributed by atoms with Gasteiger partial charge in [-0.25, -0.2) is 14.1 Å². The molecule has 0 fully saturated rings. The second kappa shape index (κ2) is 8.59. The van der Waals surface area contributed by atoms with E-state index in [0.29, 0.717) is 17.8 Å². The summed E-state index contributed by atoms with van der Waals surface area (Å²) in [5.41, 5.74) is 2.13. The van der Waals surface area contributed by atoms with Crippen molar-refractivity contribution in [1.29, 1.82) is 0 Å². The molecule has 6 nitrogen and oxygen atoms in total. The zero-order valence-corrected chi connectivity index (χ0v) is 17.5. The van der Waals surface area contributed by atoms with Crippen LogP contribution in [0.15, 0.2) is 36.5 Å². The van der Waals surface area contributed by atoms with Crippen molar-refractivity contribution in [1.82, 2.24) is 19.7 Å². The third kappa shape index (κ3) is 4.39. The number of nitrogens with zero attached hydrogens (tertiary/aromatic N) is 4. The van der Waals surface area contributed by atoms with Crippen molar-refractivity contribution in [2.75, 3.05) is 20.2 Å². The van der Waals surface area contributed by atoms with E-state index >= 15 is 0 Å². The maximum atomic E-state index is 13.7. The molecular formula is C22H27FN4O2. The number of hydrogen-bond donors (Lipinski definition) is 0. The second-order valence-electron chi connectivity index (χ2n) is 7.68. The van der Waals surface area contributed by atoms with Gasteiger partial charge in [0.05, 0.1) is 23.7 Å². The molecule has 0 saturated carbocycles. The van der Waals surface area contributed by atoms with Crippen LogP contribution in [0, 0.1) is 5.82 Å². The lowest BCUT2D eigenvalue weighted by Gasteiger charge is -2.19. The minimum absolute atomic E-state index is 0.136. The highest BCUT2D eigenvalue weighted by atomic mass is 19.1. The molecule has 0 spiro atoms. The Balaban J connectivity index is 1.82. The number of likely N-dealkylation sites (N-methyl/N-ethyl adjacent to an activating group) is 1. The fourth-order valence-corrected chi connectivity index (χ4v) is 3.05. The topological polar surface area (TPSA) is 60.3 Å². The van der Waals surface area contributed by atoms with Crippen molar-refractivity contribution < 1.29 is 13.9 Å². The van der Waals surface area contributed by atoms with Gasteiger partial charge >= 0.3 is 0 Å². The summed E-state index contributed by atoms with van der Waals surface area (Å²) in [5.74, 6) is -0.198. The van der Waals surface area contributed by atoms with Gasteiger partial charge in [0, 0.05) is 18.8 Å². The summed E-state index contributed by atoms with van der Waals surface area (Å²) in [6.45, 7) is 8.68. The van der Waals surface area contributed by atoms with Crippen LogP contribution in [-0.2, 0) is 0 Å². The molecule has 0 bridgehead atoms. The average Bonchev–Trinajstić information content (AvgIpc) is 3.12. The zero-order valence-electron chi connectivity index (χ0n) is 17.5. The Kier molecular flexibility index (Phi) is 6.15. The number of fused-ring (bicyclic) bond motifs is 1. The molecule has 0 aliphatic heterocycles. The first-order chi connectivity index (χ1) is 13.8. The van der Waals surface area contributed by atoms with Crippen LogP contribution < -0.4 is 4.74 Å². The molecule has 1 amide bonds. The third-order valence-electron chi connectivity index (χ3n) is 4.77. The molecule has 2 aromatic heterocycles. The largest absolute Gasteiger partial charge is 0.489 e. The van der Waals surface area contributed by atoms with Crippen LogP contribution in [-0.4, -0.2) is 45.8 Å². The number of amides is 1. The lowest BCUT2D eigenvalue weighted by molar-refractivity contribution is 0.0774. The smallest absolute Gasteiger partial charge is 0.254 e. The standard InChI is InChI=1S/C22H27FN4O2/c1-14(2)19-12-16(17-13-24-27(15(3)4)21(17)25-19)22(28)26(5)10-11-29-20-9-7-6-8-18(20)23/h6-9,12-15H,10-11H2,1-5H3. The number of ether oxygens (including phenoxy) is 1. The molecule has 29 heavy (non-hydrogen) atoms. The van der Waals surface area contributed by atoms with Gasteiger partial charge in [-0.1, -0.05) is 26.0 Å².